The van der Waals surface area contributed by atoms with E-state index < -0.39 is 0 Å². The first-order chi connectivity index (χ1) is 9.15. The highest BCUT2D eigenvalue weighted by molar-refractivity contribution is 5.69. The van der Waals surface area contributed by atoms with E-state index in [1.54, 1.807) is 0 Å². The van der Waals surface area contributed by atoms with Gasteiger partial charge in [0.15, 0.2) is 0 Å². The Morgan fingerprint density at radius 1 is 1.26 bits per heavy atom. The van der Waals surface area contributed by atoms with Crippen molar-refractivity contribution in [1.82, 2.24) is 15.8 Å². The molecule has 3 rings (SSSR count). The first kappa shape index (κ1) is 12.7. The van der Waals surface area contributed by atoms with Gasteiger partial charge in [-0.1, -0.05) is 24.6 Å². The summed E-state index contributed by atoms with van der Waals surface area (Å²) < 4.78 is 0. The van der Waals surface area contributed by atoms with Crippen LogP contribution in [0.25, 0.3) is 5.70 Å². The van der Waals surface area contributed by atoms with E-state index in [0.29, 0.717) is 12.2 Å². The van der Waals surface area contributed by atoms with Gasteiger partial charge in [-0.3, -0.25) is 5.32 Å². The Hall–Kier alpha value is -1.32. The Balaban J connectivity index is 1.80. The zero-order chi connectivity index (χ0) is 13.4. The van der Waals surface area contributed by atoms with Crippen LogP contribution >= 0.6 is 0 Å². The topological polar surface area (TPSA) is 27.3 Å². The molecule has 0 radical (unpaired) electrons. The Kier molecular flexibility index (Phi) is 3.33. The van der Waals surface area contributed by atoms with Crippen LogP contribution in [-0.4, -0.2) is 24.3 Å². The third-order valence-electron chi connectivity index (χ3n) is 4.45. The van der Waals surface area contributed by atoms with Crippen LogP contribution < -0.4 is 10.7 Å². The summed E-state index contributed by atoms with van der Waals surface area (Å²) >= 11 is 0. The molecular weight excluding hydrogens is 234 g/mol. The van der Waals surface area contributed by atoms with E-state index in [-0.39, 0.29) is 0 Å². The standard InChI is InChI=1S/C16H23N3/c1-11-6-4-9-14(12(11)2)15-10-16(19(3)18-15)17-13-7-5-8-13/h4,6,9-10,13,16-18H,5,7-8H2,1-3H3. The molecule has 1 saturated carbocycles. The van der Waals surface area contributed by atoms with E-state index in [1.165, 1.54) is 41.6 Å². The largest absolute Gasteiger partial charge is 0.317 e. The van der Waals surface area contributed by atoms with Gasteiger partial charge < -0.3 is 5.43 Å². The second-order valence-corrected chi connectivity index (χ2v) is 5.79. The molecule has 0 spiro atoms. The molecule has 1 aromatic rings. The number of hydrogen-bond acceptors (Lipinski definition) is 3. The average molecular weight is 257 g/mol. The quantitative estimate of drug-likeness (QED) is 0.871. The molecule has 0 aromatic heterocycles. The molecule has 2 aliphatic rings. The second-order valence-electron chi connectivity index (χ2n) is 5.79. The van der Waals surface area contributed by atoms with Crippen LogP contribution in [0.5, 0.6) is 0 Å². The lowest BCUT2D eigenvalue weighted by Crippen LogP contribution is -2.49. The van der Waals surface area contributed by atoms with Crippen LogP contribution in [0.1, 0.15) is 36.0 Å². The molecule has 1 atom stereocenters. The lowest BCUT2D eigenvalue weighted by Gasteiger charge is -2.31. The Bertz CT molecular complexity index is 503. The lowest BCUT2D eigenvalue weighted by molar-refractivity contribution is 0.183. The predicted molar refractivity (Wildman–Crippen MR) is 79.4 cm³/mol. The van der Waals surface area contributed by atoms with E-state index in [9.17, 15) is 0 Å². The monoisotopic (exact) mass is 257 g/mol. The van der Waals surface area contributed by atoms with E-state index in [2.05, 4.69) is 60.9 Å². The maximum atomic E-state index is 3.69. The van der Waals surface area contributed by atoms with E-state index >= 15 is 0 Å². The summed E-state index contributed by atoms with van der Waals surface area (Å²) in [7, 11) is 2.10. The van der Waals surface area contributed by atoms with Crippen LogP contribution in [-0.2, 0) is 0 Å². The van der Waals surface area contributed by atoms with Gasteiger partial charge in [0.05, 0.1) is 11.9 Å². The fourth-order valence-corrected chi connectivity index (χ4v) is 2.74. The van der Waals surface area contributed by atoms with Crippen molar-refractivity contribution in [3.8, 4) is 0 Å². The molecular formula is C16H23N3. The molecule has 1 aliphatic carbocycles. The van der Waals surface area contributed by atoms with Gasteiger partial charge in [0.2, 0.25) is 0 Å². The molecule has 102 valence electrons. The maximum Gasteiger partial charge on any atom is 0.0989 e. The number of benzene rings is 1. The summed E-state index contributed by atoms with van der Waals surface area (Å²) in [5.41, 5.74) is 8.71. The van der Waals surface area contributed by atoms with Crippen LogP contribution in [0.3, 0.4) is 0 Å². The second kappa shape index (κ2) is 4.99. The third-order valence-corrected chi connectivity index (χ3v) is 4.45. The van der Waals surface area contributed by atoms with Gasteiger partial charge in [0.1, 0.15) is 0 Å². The van der Waals surface area contributed by atoms with Crippen molar-refractivity contribution in [2.24, 2.45) is 0 Å². The van der Waals surface area contributed by atoms with Crippen LogP contribution in [0.2, 0.25) is 0 Å². The molecule has 1 fully saturated rings. The van der Waals surface area contributed by atoms with Gasteiger partial charge in [-0.15, -0.1) is 0 Å². The first-order valence-electron chi connectivity index (χ1n) is 7.19. The zero-order valence-corrected chi connectivity index (χ0v) is 12.0. The normalized spacial score (nSPS) is 23.9. The molecule has 2 N–H and O–H groups in total. The first-order valence-corrected chi connectivity index (χ1v) is 7.19. The summed E-state index contributed by atoms with van der Waals surface area (Å²) in [5.74, 6) is 0. The smallest absolute Gasteiger partial charge is 0.0989 e. The maximum absolute atomic E-state index is 3.69. The minimum Gasteiger partial charge on any atom is -0.317 e. The highest BCUT2D eigenvalue weighted by atomic mass is 15.6. The van der Waals surface area contributed by atoms with Gasteiger partial charge in [-0.2, -0.15) is 0 Å². The van der Waals surface area contributed by atoms with Crippen molar-refractivity contribution < 1.29 is 0 Å². The SMILES string of the molecule is Cc1cccc(C2=CC(NC3CCC3)N(C)N2)c1C. The van der Waals surface area contributed by atoms with Crippen molar-refractivity contribution in [2.75, 3.05) is 7.05 Å². The molecule has 1 aromatic carbocycles. The Morgan fingerprint density at radius 2 is 2.05 bits per heavy atom. The van der Waals surface area contributed by atoms with Crippen LogP contribution in [0.4, 0.5) is 0 Å². The van der Waals surface area contributed by atoms with Crippen molar-refractivity contribution in [3.05, 3.63) is 41.0 Å². The number of hydrogen-bond donors (Lipinski definition) is 2. The Labute approximate surface area is 115 Å². The number of likely N-dealkylation sites (N-methyl/N-ethyl adjacent to an activating group) is 1. The highest BCUT2D eigenvalue weighted by Crippen LogP contribution is 2.25. The lowest BCUT2D eigenvalue weighted by atomic mass is 9.93. The fraction of sp³-hybridized carbons (Fsp3) is 0.500. The molecule has 0 saturated heterocycles. The highest BCUT2D eigenvalue weighted by Gasteiger charge is 2.27. The average Bonchev–Trinajstić information content (AvgIpc) is 2.69. The zero-order valence-electron chi connectivity index (χ0n) is 12.0. The van der Waals surface area contributed by atoms with Crippen LogP contribution in [0.15, 0.2) is 24.3 Å². The van der Waals surface area contributed by atoms with Gasteiger partial charge in [-0.05, 0) is 43.9 Å². The summed E-state index contributed by atoms with van der Waals surface area (Å²) in [4.78, 5) is 0. The van der Waals surface area contributed by atoms with E-state index in [1.807, 2.05) is 0 Å². The summed E-state index contributed by atoms with van der Waals surface area (Å²) in [6.45, 7) is 4.36. The fourth-order valence-electron chi connectivity index (χ4n) is 2.74. The number of rotatable bonds is 3. The molecule has 0 bridgehead atoms. The van der Waals surface area contributed by atoms with Gasteiger partial charge >= 0.3 is 0 Å². The minimum absolute atomic E-state index is 0.306. The molecule has 1 heterocycles. The van der Waals surface area contributed by atoms with Crippen molar-refractivity contribution in [1.29, 1.82) is 0 Å². The van der Waals surface area contributed by atoms with E-state index in [0.717, 1.165) is 0 Å². The van der Waals surface area contributed by atoms with E-state index in [4.69, 9.17) is 0 Å². The van der Waals surface area contributed by atoms with Gasteiger partial charge in [0, 0.05) is 18.7 Å². The van der Waals surface area contributed by atoms with Crippen molar-refractivity contribution >= 4 is 5.70 Å². The summed E-state index contributed by atoms with van der Waals surface area (Å²) in [6.07, 6.45) is 6.61. The number of hydrazine groups is 1. The molecule has 1 aliphatic heterocycles. The summed E-state index contributed by atoms with van der Waals surface area (Å²) in [6, 6.07) is 7.19. The molecule has 0 amide bonds. The van der Waals surface area contributed by atoms with Crippen molar-refractivity contribution in [3.63, 3.8) is 0 Å². The van der Waals surface area contributed by atoms with Crippen LogP contribution in [0, 0.1) is 13.8 Å². The molecule has 1 unspecified atom stereocenters. The van der Waals surface area contributed by atoms with Gasteiger partial charge in [0.25, 0.3) is 0 Å². The van der Waals surface area contributed by atoms with Crippen molar-refractivity contribution in [2.45, 2.75) is 45.3 Å². The molecule has 19 heavy (non-hydrogen) atoms. The number of nitrogens with one attached hydrogen (secondary N) is 2. The molecule has 3 heteroatoms. The minimum atomic E-state index is 0.306. The summed E-state index contributed by atoms with van der Waals surface area (Å²) in [5, 5.41) is 5.85. The third kappa shape index (κ3) is 2.40. The van der Waals surface area contributed by atoms with Gasteiger partial charge in [-0.25, -0.2) is 5.01 Å². The molecule has 3 nitrogen and oxygen atoms in total. The number of nitrogens with zero attached hydrogens (tertiary/aromatic N) is 1. The predicted octanol–water partition coefficient (Wildman–Crippen LogP) is 2.56. The Morgan fingerprint density at radius 3 is 2.74 bits per heavy atom. The number of aryl methyl sites for hydroxylation is 1.